The Balaban J connectivity index is 1.43. The Hall–Kier alpha value is -0.820. The summed E-state index contributed by atoms with van der Waals surface area (Å²) in [5.41, 5.74) is 1.54. The van der Waals surface area contributed by atoms with Gasteiger partial charge in [0.05, 0.1) is 0 Å². The molecule has 0 saturated heterocycles. The third-order valence-electron chi connectivity index (χ3n) is 4.42. The summed E-state index contributed by atoms with van der Waals surface area (Å²) in [5.74, 6) is 1.74. The number of hydrogen-bond donors (Lipinski definition) is 1. The minimum Gasteiger partial charge on any atom is -0.314 e. The zero-order valence-electron chi connectivity index (χ0n) is 10.6. The van der Waals surface area contributed by atoms with Crippen LogP contribution in [0.2, 0.25) is 0 Å². The molecule has 0 bridgehead atoms. The lowest BCUT2D eigenvalue weighted by Crippen LogP contribution is -2.32. The predicted octanol–water partition coefficient (Wildman–Crippen LogP) is 3.71. The Kier molecular flexibility index (Phi) is 3.46. The molecule has 2 aliphatic carbocycles. The van der Waals surface area contributed by atoms with E-state index < -0.39 is 0 Å². The minimum atomic E-state index is 0.820. The third kappa shape index (κ3) is 2.90. The minimum absolute atomic E-state index is 0.820. The summed E-state index contributed by atoms with van der Waals surface area (Å²) < 4.78 is 0. The molecule has 2 saturated carbocycles. The second-order valence-corrected chi connectivity index (χ2v) is 5.76. The zero-order valence-corrected chi connectivity index (χ0v) is 10.6. The molecule has 17 heavy (non-hydrogen) atoms. The molecule has 0 amide bonds. The van der Waals surface area contributed by atoms with E-state index in [1.807, 2.05) is 0 Å². The highest BCUT2D eigenvalue weighted by atomic mass is 14.9. The number of nitrogens with one attached hydrogen (secondary N) is 1. The maximum atomic E-state index is 3.78. The van der Waals surface area contributed by atoms with Gasteiger partial charge in [0.25, 0.3) is 0 Å². The molecule has 1 aromatic rings. The lowest BCUT2D eigenvalue weighted by molar-refractivity contribution is 0.368. The fraction of sp³-hybridized carbons (Fsp3) is 0.625. The van der Waals surface area contributed by atoms with Crippen molar-refractivity contribution in [3.63, 3.8) is 0 Å². The standard InChI is InChI=1S/C16H23N/c1-3-7-13(8-4-1)16-11-14(16)12-17-15-9-5-2-6-10-15/h1,3-4,7-8,14-17H,2,5-6,9-12H2/t14-,16+/m1/s1. The van der Waals surface area contributed by atoms with Crippen molar-refractivity contribution in [3.8, 4) is 0 Å². The average molecular weight is 229 g/mol. The van der Waals surface area contributed by atoms with Crippen LogP contribution >= 0.6 is 0 Å². The topological polar surface area (TPSA) is 12.0 Å². The van der Waals surface area contributed by atoms with Gasteiger partial charge in [0, 0.05) is 6.04 Å². The second kappa shape index (κ2) is 5.22. The predicted molar refractivity (Wildman–Crippen MR) is 72.2 cm³/mol. The molecule has 2 aliphatic rings. The van der Waals surface area contributed by atoms with Gasteiger partial charge in [0.15, 0.2) is 0 Å². The van der Waals surface area contributed by atoms with Crippen LogP contribution in [-0.2, 0) is 0 Å². The first-order valence-electron chi connectivity index (χ1n) is 7.22. The average Bonchev–Trinajstić information content (AvgIpc) is 3.18. The molecular weight excluding hydrogens is 206 g/mol. The summed E-state index contributed by atoms with van der Waals surface area (Å²) >= 11 is 0. The van der Waals surface area contributed by atoms with Crippen molar-refractivity contribution >= 4 is 0 Å². The van der Waals surface area contributed by atoms with Crippen molar-refractivity contribution in [2.24, 2.45) is 5.92 Å². The van der Waals surface area contributed by atoms with Crippen LogP contribution in [0.1, 0.15) is 50.0 Å². The number of rotatable bonds is 4. The molecule has 2 atom stereocenters. The Morgan fingerprint density at radius 3 is 2.53 bits per heavy atom. The summed E-state index contributed by atoms with van der Waals surface area (Å²) in [6, 6.07) is 11.8. The molecule has 1 N–H and O–H groups in total. The van der Waals surface area contributed by atoms with Crippen LogP contribution in [0.5, 0.6) is 0 Å². The lowest BCUT2D eigenvalue weighted by atomic mass is 9.95. The van der Waals surface area contributed by atoms with Crippen molar-refractivity contribution in [3.05, 3.63) is 35.9 Å². The zero-order chi connectivity index (χ0) is 11.5. The van der Waals surface area contributed by atoms with Gasteiger partial charge in [0.1, 0.15) is 0 Å². The van der Waals surface area contributed by atoms with Gasteiger partial charge in [-0.25, -0.2) is 0 Å². The molecule has 1 nitrogen and oxygen atoms in total. The SMILES string of the molecule is c1ccc([C@@H]2C[C@@H]2CNC2CCCCC2)cc1. The van der Waals surface area contributed by atoms with E-state index in [9.17, 15) is 0 Å². The molecule has 2 fully saturated rings. The van der Waals surface area contributed by atoms with Crippen LogP contribution in [0.15, 0.2) is 30.3 Å². The van der Waals surface area contributed by atoms with Crippen LogP contribution in [0.3, 0.4) is 0 Å². The van der Waals surface area contributed by atoms with Crippen molar-refractivity contribution < 1.29 is 0 Å². The van der Waals surface area contributed by atoms with Gasteiger partial charge in [-0.15, -0.1) is 0 Å². The van der Waals surface area contributed by atoms with Crippen molar-refractivity contribution in [2.75, 3.05) is 6.54 Å². The number of benzene rings is 1. The van der Waals surface area contributed by atoms with E-state index in [2.05, 4.69) is 35.6 Å². The van der Waals surface area contributed by atoms with Crippen LogP contribution in [0.4, 0.5) is 0 Å². The molecule has 0 heterocycles. The second-order valence-electron chi connectivity index (χ2n) is 5.76. The van der Waals surface area contributed by atoms with Gasteiger partial charge in [0.2, 0.25) is 0 Å². The third-order valence-corrected chi connectivity index (χ3v) is 4.42. The van der Waals surface area contributed by atoms with Gasteiger partial charge in [-0.1, -0.05) is 49.6 Å². The molecule has 0 radical (unpaired) electrons. The fourth-order valence-electron chi connectivity index (χ4n) is 3.21. The largest absolute Gasteiger partial charge is 0.314 e. The first-order chi connectivity index (χ1) is 8.43. The summed E-state index contributed by atoms with van der Waals surface area (Å²) in [6.45, 7) is 1.24. The summed E-state index contributed by atoms with van der Waals surface area (Å²) in [5, 5.41) is 3.78. The van der Waals surface area contributed by atoms with E-state index in [-0.39, 0.29) is 0 Å². The molecule has 0 spiro atoms. The Morgan fingerprint density at radius 1 is 1.00 bits per heavy atom. The van der Waals surface area contributed by atoms with E-state index >= 15 is 0 Å². The maximum Gasteiger partial charge on any atom is 0.00671 e. The summed E-state index contributed by atoms with van der Waals surface area (Å²) in [4.78, 5) is 0. The highest BCUT2D eigenvalue weighted by Gasteiger charge is 2.37. The highest BCUT2D eigenvalue weighted by Crippen LogP contribution is 2.46. The van der Waals surface area contributed by atoms with E-state index in [0.29, 0.717) is 0 Å². The van der Waals surface area contributed by atoms with Crippen molar-refractivity contribution in [1.82, 2.24) is 5.32 Å². The fourth-order valence-corrected chi connectivity index (χ4v) is 3.21. The maximum absolute atomic E-state index is 3.78. The van der Waals surface area contributed by atoms with Crippen LogP contribution < -0.4 is 5.32 Å². The van der Waals surface area contributed by atoms with Gasteiger partial charge in [-0.2, -0.15) is 0 Å². The van der Waals surface area contributed by atoms with Crippen molar-refractivity contribution in [1.29, 1.82) is 0 Å². The smallest absolute Gasteiger partial charge is 0.00671 e. The lowest BCUT2D eigenvalue weighted by Gasteiger charge is -2.22. The first kappa shape index (κ1) is 11.3. The monoisotopic (exact) mass is 229 g/mol. The highest BCUT2D eigenvalue weighted by molar-refractivity contribution is 5.25. The van der Waals surface area contributed by atoms with Crippen LogP contribution in [0.25, 0.3) is 0 Å². The molecule has 1 aromatic carbocycles. The number of hydrogen-bond acceptors (Lipinski definition) is 1. The van der Waals surface area contributed by atoms with Gasteiger partial charge in [-0.05, 0) is 43.2 Å². The van der Waals surface area contributed by atoms with E-state index in [1.54, 1.807) is 5.56 Å². The molecule has 0 aromatic heterocycles. The molecule has 0 unspecified atom stereocenters. The van der Waals surface area contributed by atoms with Crippen LogP contribution in [-0.4, -0.2) is 12.6 Å². The normalized spacial score (nSPS) is 29.2. The van der Waals surface area contributed by atoms with E-state index in [1.165, 1.54) is 45.1 Å². The first-order valence-corrected chi connectivity index (χ1v) is 7.22. The molecule has 3 rings (SSSR count). The molecule has 92 valence electrons. The summed E-state index contributed by atoms with van der Waals surface area (Å²) in [6.07, 6.45) is 8.53. The Bertz CT molecular complexity index is 340. The van der Waals surface area contributed by atoms with Gasteiger partial charge >= 0.3 is 0 Å². The van der Waals surface area contributed by atoms with Gasteiger partial charge in [-0.3, -0.25) is 0 Å². The van der Waals surface area contributed by atoms with Gasteiger partial charge < -0.3 is 5.32 Å². The Morgan fingerprint density at radius 2 is 1.76 bits per heavy atom. The Labute approximate surface area is 105 Å². The quantitative estimate of drug-likeness (QED) is 0.830. The molecule has 0 aliphatic heterocycles. The van der Waals surface area contributed by atoms with E-state index in [0.717, 1.165) is 17.9 Å². The van der Waals surface area contributed by atoms with Crippen molar-refractivity contribution in [2.45, 2.75) is 50.5 Å². The summed E-state index contributed by atoms with van der Waals surface area (Å²) in [7, 11) is 0. The van der Waals surface area contributed by atoms with Crippen LogP contribution in [0, 0.1) is 5.92 Å². The molecule has 1 heteroatoms. The molecular formula is C16H23N. The van der Waals surface area contributed by atoms with E-state index in [4.69, 9.17) is 0 Å².